The molecule has 0 radical (unpaired) electrons. The van der Waals surface area contributed by atoms with Crippen molar-refractivity contribution in [3.8, 4) is 23.1 Å². The number of halogens is 3. The third kappa shape index (κ3) is 4.81. The predicted molar refractivity (Wildman–Crippen MR) is 112 cm³/mol. The number of benzene rings is 2. The number of para-hydroxylation sites is 1. The monoisotopic (exact) mass is 495 g/mol. The minimum atomic E-state index is -4.07. The summed E-state index contributed by atoms with van der Waals surface area (Å²) in [5.74, 6) is -0.185. The van der Waals surface area contributed by atoms with Gasteiger partial charge in [0, 0.05) is 17.1 Å². The summed E-state index contributed by atoms with van der Waals surface area (Å²) in [4.78, 5) is 13.4. The van der Waals surface area contributed by atoms with E-state index in [1.54, 1.807) is 12.1 Å². The van der Waals surface area contributed by atoms with Crippen molar-refractivity contribution in [2.45, 2.75) is 11.3 Å². The number of methoxy groups -OCH3 is 1. The second-order valence-electron chi connectivity index (χ2n) is 5.68. The van der Waals surface area contributed by atoms with E-state index in [1.165, 1.54) is 25.3 Å². The van der Waals surface area contributed by atoms with Crippen LogP contribution in [0.4, 0.5) is 0 Å². The number of hydrogen-bond acceptors (Lipinski definition) is 7. The van der Waals surface area contributed by atoms with Crippen LogP contribution in [0.15, 0.2) is 40.0 Å². The number of rotatable bonds is 6. The summed E-state index contributed by atoms with van der Waals surface area (Å²) in [7, 11) is 2.63. The Labute approximate surface area is 183 Å². The summed E-state index contributed by atoms with van der Waals surface area (Å²) < 4.78 is 34.3. The molecule has 0 spiro atoms. The maximum absolute atomic E-state index is 11.7. The Balaban J connectivity index is 1.97. The van der Waals surface area contributed by atoms with Crippen molar-refractivity contribution in [3.63, 3.8) is 0 Å². The standard InChI is InChI=1S/C17H12Cl3NO6S2/c1-26-15-11(3-2-4-13(15)29(20,24)25)27-14-9(18)5-8(6-10(14)19)7-12-16(22)21-17(23)28-12/h2-6,22H,7H2,1H3,(H,21,23). The first-order valence-electron chi connectivity index (χ1n) is 7.78. The average molecular weight is 497 g/mol. The second-order valence-corrected chi connectivity index (χ2v) is 10.1. The van der Waals surface area contributed by atoms with Crippen LogP contribution in [0.1, 0.15) is 10.4 Å². The zero-order valence-electron chi connectivity index (χ0n) is 14.5. The van der Waals surface area contributed by atoms with Crippen LogP contribution in [0.3, 0.4) is 0 Å². The van der Waals surface area contributed by atoms with E-state index in [0.29, 0.717) is 10.4 Å². The Kier molecular flexibility index (Phi) is 6.35. The number of ether oxygens (including phenoxy) is 2. The van der Waals surface area contributed by atoms with E-state index >= 15 is 0 Å². The molecule has 0 atom stereocenters. The molecule has 0 saturated carbocycles. The van der Waals surface area contributed by atoms with Crippen LogP contribution >= 0.6 is 45.2 Å². The maximum atomic E-state index is 11.7. The fourth-order valence-electron chi connectivity index (χ4n) is 2.55. The molecule has 0 bridgehead atoms. The van der Waals surface area contributed by atoms with Crippen LogP contribution in [0.2, 0.25) is 10.0 Å². The molecule has 29 heavy (non-hydrogen) atoms. The van der Waals surface area contributed by atoms with Crippen molar-refractivity contribution in [2.75, 3.05) is 7.11 Å². The molecule has 0 amide bonds. The van der Waals surface area contributed by atoms with Gasteiger partial charge in [0.1, 0.15) is 4.90 Å². The molecule has 3 rings (SSSR count). The van der Waals surface area contributed by atoms with Crippen molar-refractivity contribution in [1.82, 2.24) is 4.98 Å². The molecule has 0 aliphatic carbocycles. The molecule has 1 aromatic heterocycles. The molecule has 2 aromatic carbocycles. The zero-order valence-corrected chi connectivity index (χ0v) is 18.4. The quantitative estimate of drug-likeness (QED) is 0.476. The van der Waals surface area contributed by atoms with E-state index in [1.807, 2.05) is 0 Å². The number of aromatic nitrogens is 1. The third-order valence-electron chi connectivity index (χ3n) is 3.74. The van der Waals surface area contributed by atoms with Gasteiger partial charge in [0.15, 0.2) is 17.2 Å². The smallest absolute Gasteiger partial charge is 0.307 e. The molecular formula is C17H12Cl3NO6S2. The van der Waals surface area contributed by atoms with Gasteiger partial charge in [0.25, 0.3) is 9.05 Å². The van der Waals surface area contributed by atoms with Crippen LogP contribution in [0, 0.1) is 0 Å². The van der Waals surface area contributed by atoms with Crippen LogP contribution in [-0.2, 0) is 15.5 Å². The molecule has 1 heterocycles. The van der Waals surface area contributed by atoms with Crippen LogP contribution in [0.25, 0.3) is 0 Å². The van der Waals surface area contributed by atoms with Crippen molar-refractivity contribution < 1.29 is 23.0 Å². The molecule has 3 aromatic rings. The lowest BCUT2D eigenvalue weighted by Crippen LogP contribution is -1.99. The highest BCUT2D eigenvalue weighted by Crippen LogP contribution is 2.43. The van der Waals surface area contributed by atoms with Crippen LogP contribution < -0.4 is 14.3 Å². The van der Waals surface area contributed by atoms with Gasteiger partial charge in [-0.15, -0.1) is 0 Å². The van der Waals surface area contributed by atoms with Crippen molar-refractivity contribution in [3.05, 3.63) is 60.5 Å². The average Bonchev–Trinajstić information content (AvgIpc) is 2.94. The minimum Gasteiger partial charge on any atom is -0.494 e. The van der Waals surface area contributed by atoms with Gasteiger partial charge in [-0.25, -0.2) is 8.42 Å². The van der Waals surface area contributed by atoms with Crippen LogP contribution in [-0.4, -0.2) is 25.6 Å². The Bertz CT molecular complexity index is 1210. The van der Waals surface area contributed by atoms with Gasteiger partial charge in [-0.05, 0) is 29.8 Å². The lowest BCUT2D eigenvalue weighted by molar-refractivity contribution is 0.369. The highest BCUT2D eigenvalue weighted by atomic mass is 35.7. The normalized spacial score (nSPS) is 11.4. The number of H-pyrrole nitrogens is 1. The lowest BCUT2D eigenvalue weighted by Gasteiger charge is -2.15. The van der Waals surface area contributed by atoms with Crippen LogP contribution in [0.5, 0.6) is 23.1 Å². The van der Waals surface area contributed by atoms with Crippen molar-refractivity contribution in [1.29, 1.82) is 0 Å². The summed E-state index contributed by atoms with van der Waals surface area (Å²) in [5.41, 5.74) is 0.627. The number of hydrogen-bond donors (Lipinski definition) is 2. The fourth-order valence-corrected chi connectivity index (χ4v) is 4.93. The number of nitrogens with one attached hydrogen (secondary N) is 1. The van der Waals surface area contributed by atoms with E-state index in [-0.39, 0.29) is 49.4 Å². The molecule has 0 saturated heterocycles. The fraction of sp³-hybridized carbons (Fsp3) is 0.118. The highest BCUT2D eigenvalue weighted by molar-refractivity contribution is 8.13. The first kappa shape index (κ1) is 21.8. The molecule has 0 aliphatic rings. The predicted octanol–water partition coefficient (Wildman–Crippen LogP) is 4.77. The summed E-state index contributed by atoms with van der Waals surface area (Å²) in [6.45, 7) is 0. The largest absolute Gasteiger partial charge is 0.494 e. The maximum Gasteiger partial charge on any atom is 0.307 e. The summed E-state index contributed by atoms with van der Waals surface area (Å²) in [5, 5.41) is 9.99. The number of thiazole rings is 1. The van der Waals surface area contributed by atoms with Gasteiger partial charge >= 0.3 is 4.87 Å². The molecule has 12 heteroatoms. The van der Waals surface area contributed by atoms with Gasteiger partial charge in [-0.2, -0.15) is 0 Å². The third-order valence-corrected chi connectivity index (χ3v) is 6.52. The van der Waals surface area contributed by atoms with E-state index in [4.69, 9.17) is 43.4 Å². The SMILES string of the molecule is COc1c(Oc2c(Cl)cc(Cc3sc(=O)[nH]c3O)cc2Cl)cccc1S(=O)(=O)Cl. The molecule has 2 N–H and O–H groups in total. The van der Waals surface area contributed by atoms with E-state index < -0.39 is 9.05 Å². The highest BCUT2D eigenvalue weighted by Gasteiger charge is 2.22. The molecule has 0 aliphatic heterocycles. The topological polar surface area (TPSA) is 106 Å². The second kappa shape index (κ2) is 8.45. The molecule has 154 valence electrons. The Morgan fingerprint density at radius 3 is 2.34 bits per heavy atom. The molecule has 7 nitrogen and oxygen atoms in total. The van der Waals surface area contributed by atoms with Crippen molar-refractivity contribution in [2.24, 2.45) is 0 Å². The summed E-state index contributed by atoms with van der Waals surface area (Å²) in [6, 6.07) is 7.29. The zero-order chi connectivity index (χ0) is 21.3. The first-order chi connectivity index (χ1) is 13.6. The van der Waals surface area contributed by atoms with Crippen molar-refractivity contribution >= 4 is 54.3 Å². The Morgan fingerprint density at radius 1 is 1.17 bits per heavy atom. The van der Waals surface area contributed by atoms with E-state index in [0.717, 1.165) is 11.3 Å². The van der Waals surface area contributed by atoms with E-state index in [2.05, 4.69) is 4.98 Å². The molecular weight excluding hydrogens is 485 g/mol. The first-order valence-corrected chi connectivity index (χ1v) is 11.7. The van der Waals surface area contributed by atoms with Gasteiger partial charge < -0.3 is 14.6 Å². The lowest BCUT2D eigenvalue weighted by atomic mass is 10.1. The molecule has 0 fully saturated rings. The van der Waals surface area contributed by atoms with E-state index in [9.17, 15) is 18.3 Å². The van der Waals surface area contributed by atoms with Gasteiger partial charge in [-0.1, -0.05) is 40.6 Å². The molecule has 0 unspecified atom stereocenters. The van der Waals surface area contributed by atoms with Gasteiger partial charge in [0.05, 0.1) is 22.0 Å². The van der Waals surface area contributed by atoms with Gasteiger partial charge in [-0.3, -0.25) is 9.78 Å². The Morgan fingerprint density at radius 2 is 1.83 bits per heavy atom. The summed E-state index contributed by atoms with van der Waals surface area (Å²) >= 11 is 13.5. The summed E-state index contributed by atoms with van der Waals surface area (Å²) in [6.07, 6.45) is 0.220. The Hall–Kier alpha value is -1.91. The van der Waals surface area contributed by atoms with Gasteiger partial charge in [0.2, 0.25) is 5.88 Å². The number of aromatic hydroxyl groups is 1. The minimum absolute atomic E-state index is 0.0484. The number of aromatic amines is 1.